The van der Waals surface area contributed by atoms with E-state index in [0.717, 1.165) is 5.56 Å². The van der Waals surface area contributed by atoms with Crippen LogP contribution >= 0.6 is 0 Å². The van der Waals surface area contributed by atoms with Crippen LogP contribution in [-0.2, 0) is 16.1 Å². The van der Waals surface area contributed by atoms with Gasteiger partial charge in [0.15, 0.2) is 0 Å². The smallest absolute Gasteiger partial charge is 0.246 e. The van der Waals surface area contributed by atoms with Crippen molar-refractivity contribution < 1.29 is 14.0 Å². The number of carbonyl (C=O) groups excluding carboxylic acids is 2. The van der Waals surface area contributed by atoms with E-state index in [1.54, 1.807) is 24.3 Å². The summed E-state index contributed by atoms with van der Waals surface area (Å²) in [6.07, 6.45) is 3.84. The largest absolute Gasteiger partial charge is 0.472 e. The monoisotopic (exact) mass is 264 g/mol. The summed E-state index contributed by atoms with van der Waals surface area (Å²) in [7, 11) is 0. The van der Waals surface area contributed by atoms with E-state index in [1.807, 2.05) is 19.9 Å². The molecule has 5 nitrogen and oxygen atoms in total. The van der Waals surface area contributed by atoms with E-state index in [9.17, 15) is 9.59 Å². The zero-order chi connectivity index (χ0) is 14.0. The predicted molar refractivity (Wildman–Crippen MR) is 70.1 cm³/mol. The third-order valence-corrected chi connectivity index (χ3v) is 3.38. The molecule has 2 rings (SSSR count). The fraction of sp³-hybridized carbons (Fsp3) is 0.571. The van der Waals surface area contributed by atoms with E-state index in [-0.39, 0.29) is 11.8 Å². The van der Waals surface area contributed by atoms with Crippen molar-refractivity contribution >= 4 is 11.8 Å². The van der Waals surface area contributed by atoms with Crippen LogP contribution in [0.15, 0.2) is 23.0 Å². The second kappa shape index (κ2) is 5.47. The van der Waals surface area contributed by atoms with Gasteiger partial charge in [-0.2, -0.15) is 0 Å². The zero-order valence-corrected chi connectivity index (χ0v) is 11.6. The minimum atomic E-state index is -0.439. The molecule has 0 aromatic carbocycles. The molecule has 1 aliphatic heterocycles. The Kier molecular flexibility index (Phi) is 3.93. The topological polar surface area (TPSA) is 62.6 Å². The van der Waals surface area contributed by atoms with Crippen LogP contribution in [0.5, 0.6) is 0 Å². The summed E-state index contributed by atoms with van der Waals surface area (Å²) in [6.45, 7) is 6.24. The Hall–Kier alpha value is -1.78. The van der Waals surface area contributed by atoms with Gasteiger partial charge in [0.25, 0.3) is 0 Å². The molecule has 2 amide bonds. The van der Waals surface area contributed by atoms with Crippen molar-refractivity contribution in [2.45, 2.75) is 45.8 Å². The average Bonchev–Trinajstić information content (AvgIpc) is 2.84. The zero-order valence-electron chi connectivity index (χ0n) is 11.6. The van der Waals surface area contributed by atoms with Crippen LogP contribution in [0.2, 0.25) is 0 Å². The molecule has 0 saturated carbocycles. The minimum Gasteiger partial charge on any atom is -0.472 e. The van der Waals surface area contributed by atoms with Crippen molar-refractivity contribution in [1.82, 2.24) is 10.2 Å². The molecule has 19 heavy (non-hydrogen) atoms. The van der Waals surface area contributed by atoms with Crippen LogP contribution in [0.25, 0.3) is 0 Å². The number of piperazine rings is 1. The second-order valence-corrected chi connectivity index (χ2v) is 5.46. The van der Waals surface area contributed by atoms with Gasteiger partial charge in [-0.3, -0.25) is 9.59 Å². The SMILES string of the molecule is CC(C)CC1NC(=O)C(C)N(Cc2ccoc2)C1=O. The quantitative estimate of drug-likeness (QED) is 0.897. The number of rotatable bonds is 4. The Balaban J connectivity index is 2.14. The number of hydrogen-bond acceptors (Lipinski definition) is 3. The van der Waals surface area contributed by atoms with Gasteiger partial charge in [-0.25, -0.2) is 0 Å². The van der Waals surface area contributed by atoms with Gasteiger partial charge >= 0.3 is 0 Å². The van der Waals surface area contributed by atoms with Crippen molar-refractivity contribution in [3.8, 4) is 0 Å². The Morgan fingerprint density at radius 1 is 1.42 bits per heavy atom. The average molecular weight is 264 g/mol. The highest BCUT2D eigenvalue weighted by atomic mass is 16.3. The molecule has 0 spiro atoms. The Morgan fingerprint density at radius 3 is 2.74 bits per heavy atom. The number of carbonyl (C=O) groups is 2. The van der Waals surface area contributed by atoms with E-state index in [2.05, 4.69) is 5.32 Å². The van der Waals surface area contributed by atoms with Crippen molar-refractivity contribution in [3.63, 3.8) is 0 Å². The van der Waals surface area contributed by atoms with E-state index in [0.29, 0.717) is 18.9 Å². The minimum absolute atomic E-state index is 0.0120. The number of hydrogen-bond donors (Lipinski definition) is 1. The lowest BCUT2D eigenvalue weighted by Crippen LogP contribution is -2.62. The molecule has 104 valence electrons. The van der Waals surface area contributed by atoms with Gasteiger partial charge in [-0.1, -0.05) is 13.8 Å². The highest BCUT2D eigenvalue weighted by Gasteiger charge is 2.38. The van der Waals surface area contributed by atoms with Crippen molar-refractivity contribution in [2.24, 2.45) is 5.92 Å². The fourth-order valence-electron chi connectivity index (χ4n) is 2.31. The van der Waals surface area contributed by atoms with E-state index >= 15 is 0 Å². The molecule has 2 heterocycles. The summed E-state index contributed by atoms with van der Waals surface area (Å²) in [5, 5.41) is 2.80. The Bertz CT molecular complexity index is 453. The van der Waals surface area contributed by atoms with Crippen LogP contribution in [0.4, 0.5) is 0 Å². The molecule has 1 aromatic rings. The van der Waals surface area contributed by atoms with Gasteiger partial charge < -0.3 is 14.6 Å². The molecular weight excluding hydrogens is 244 g/mol. The van der Waals surface area contributed by atoms with Gasteiger partial charge in [0, 0.05) is 12.1 Å². The molecule has 2 atom stereocenters. The van der Waals surface area contributed by atoms with Crippen LogP contribution in [0.3, 0.4) is 0 Å². The normalized spacial score (nSPS) is 23.9. The van der Waals surface area contributed by atoms with Crippen LogP contribution < -0.4 is 5.32 Å². The second-order valence-electron chi connectivity index (χ2n) is 5.46. The van der Waals surface area contributed by atoms with Crippen LogP contribution in [0, 0.1) is 5.92 Å². The van der Waals surface area contributed by atoms with Crippen molar-refractivity contribution in [3.05, 3.63) is 24.2 Å². The summed E-state index contributed by atoms with van der Waals surface area (Å²) < 4.78 is 5.01. The molecule has 1 N–H and O–H groups in total. The highest BCUT2D eigenvalue weighted by Crippen LogP contribution is 2.18. The maximum Gasteiger partial charge on any atom is 0.246 e. The molecule has 0 bridgehead atoms. The first-order valence-corrected chi connectivity index (χ1v) is 6.61. The van der Waals surface area contributed by atoms with Crippen molar-refractivity contribution in [1.29, 1.82) is 0 Å². The van der Waals surface area contributed by atoms with Gasteiger partial charge in [0.05, 0.1) is 12.5 Å². The van der Waals surface area contributed by atoms with Gasteiger partial charge in [-0.05, 0) is 25.3 Å². The molecule has 1 fully saturated rings. The summed E-state index contributed by atoms with van der Waals surface area (Å²) in [5.74, 6) is 0.258. The Labute approximate surface area is 113 Å². The predicted octanol–water partition coefficient (Wildman–Crippen LogP) is 1.54. The molecule has 1 saturated heterocycles. The van der Waals surface area contributed by atoms with Gasteiger partial charge in [-0.15, -0.1) is 0 Å². The maximum absolute atomic E-state index is 12.4. The first kappa shape index (κ1) is 13.6. The number of nitrogens with zero attached hydrogens (tertiary/aromatic N) is 1. The summed E-state index contributed by atoms with van der Waals surface area (Å²) in [6, 6.07) is 0.964. The third-order valence-electron chi connectivity index (χ3n) is 3.38. The Morgan fingerprint density at radius 2 is 2.16 bits per heavy atom. The lowest BCUT2D eigenvalue weighted by atomic mass is 9.98. The summed E-state index contributed by atoms with van der Waals surface area (Å²) in [4.78, 5) is 26.0. The summed E-state index contributed by atoms with van der Waals surface area (Å²) >= 11 is 0. The van der Waals surface area contributed by atoms with Crippen molar-refractivity contribution in [2.75, 3.05) is 0 Å². The number of amides is 2. The number of furan rings is 1. The molecule has 0 radical (unpaired) electrons. The highest BCUT2D eigenvalue weighted by molar-refractivity contribution is 5.96. The van der Waals surface area contributed by atoms with E-state index in [4.69, 9.17) is 4.42 Å². The third kappa shape index (κ3) is 2.97. The lowest BCUT2D eigenvalue weighted by Gasteiger charge is -2.37. The maximum atomic E-state index is 12.4. The molecule has 1 aromatic heterocycles. The first-order chi connectivity index (χ1) is 8.99. The van der Waals surface area contributed by atoms with Gasteiger partial charge in [0.1, 0.15) is 12.1 Å². The van der Waals surface area contributed by atoms with E-state index < -0.39 is 12.1 Å². The molecule has 0 aliphatic carbocycles. The molecular formula is C14H20N2O3. The van der Waals surface area contributed by atoms with Gasteiger partial charge in [0.2, 0.25) is 11.8 Å². The fourth-order valence-corrected chi connectivity index (χ4v) is 2.31. The summed E-state index contributed by atoms with van der Waals surface area (Å²) in [5.41, 5.74) is 0.901. The lowest BCUT2D eigenvalue weighted by molar-refractivity contribution is -0.149. The first-order valence-electron chi connectivity index (χ1n) is 6.61. The van der Waals surface area contributed by atoms with Crippen LogP contribution in [-0.4, -0.2) is 28.8 Å². The van der Waals surface area contributed by atoms with E-state index in [1.165, 1.54) is 0 Å². The molecule has 5 heteroatoms. The number of nitrogens with one attached hydrogen (secondary N) is 1. The molecule has 1 aliphatic rings. The van der Waals surface area contributed by atoms with Crippen LogP contribution in [0.1, 0.15) is 32.8 Å². The molecule has 2 unspecified atom stereocenters. The standard InChI is InChI=1S/C14H20N2O3/c1-9(2)6-12-14(18)16(10(3)13(17)15-12)7-11-4-5-19-8-11/h4-5,8-10,12H,6-7H2,1-3H3,(H,15,17).